The molecule has 0 fully saturated rings. The molecule has 0 radical (unpaired) electrons. The minimum absolute atomic E-state index is 0.0265. The van der Waals surface area contributed by atoms with E-state index in [2.05, 4.69) is 23.3 Å². The van der Waals surface area contributed by atoms with Gasteiger partial charge in [0, 0.05) is 18.7 Å². The van der Waals surface area contributed by atoms with E-state index in [0.29, 0.717) is 6.54 Å². The van der Waals surface area contributed by atoms with Gasteiger partial charge in [-0.2, -0.15) is 0 Å². The Morgan fingerprint density at radius 1 is 1.47 bits per heavy atom. The molecule has 0 saturated carbocycles. The molecule has 3 heteroatoms. The molecule has 17 heavy (non-hydrogen) atoms. The van der Waals surface area contributed by atoms with E-state index in [4.69, 9.17) is 0 Å². The number of hydrogen-bond acceptors (Lipinski definition) is 2. The van der Waals surface area contributed by atoms with Crippen molar-refractivity contribution in [1.29, 1.82) is 0 Å². The number of carbonyl (C=O) groups is 1. The summed E-state index contributed by atoms with van der Waals surface area (Å²) in [5, 5.41) is 6.16. The molecular weight excluding hydrogens is 212 g/mol. The van der Waals surface area contributed by atoms with Gasteiger partial charge in [0.15, 0.2) is 0 Å². The van der Waals surface area contributed by atoms with Crippen molar-refractivity contribution in [1.82, 2.24) is 10.6 Å². The molecule has 0 spiro atoms. The maximum atomic E-state index is 11.9. The lowest BCUT2D eigenvalue weighted by molar-refractivity contribution is 0.0957. The van der Waals surface area contributed by atoms with E-state index in [1.165, 1.54) is 11.1 Å². The topological polar surface area (TPSA) is 41.1 Å². The second-order valence-corrected chi connectivity index (χ2v) is 4.55. The molecule has 0 aromatic heterocycles. The Hall–Kier alpha value is -1.61. The highest BCUT2D eigenvalue weighted by Crippen LogP contribution is 2.15. The number of rotatable bonds is 3. The summed E-state index contributed by atoms with van der Waals surface area (Å²) in [5.74, 6) is -0.0265. The third-order valence-electron chi connectivity index (χ3n) is 2.91. The van der Waals surface area contributed by atoms with Crippen molar-refractivity contribution in [3.8, 4) is 0 Å². The van der Waals surface area contributed by atoms with E-state index in [9.17, 15) is 4.79 Å². The van der Waals surface area contributed by atoms with Crippen LogP contribution in [0.5, 0.6) is 0 Å². The zero-order valence-electron chi connectivity index (χ0n) is 10.2. The second-order valence-electron chi connectivity index (χ2n) is 4.55. The molecule has 1 aliphatic rings. The number of benzene rings is 1. The smallest absolute Gasteiger partial charge is 0.251 e. The average Bonchev–Trinajstić information content (AvgIpc) is 2.35. The van der Waals surface area contributed by atoms with Crippen molar-refractivity contribution >= 4 is 5.91 Å². The first-order valence-electron chi connectivity index (χ1n) is 5.92. The normalized spacial score (nSPS) is 13.9. The van der Waals surface area contributed by atoms with E-state index in [1.54, 1.807) is 0 Å². The minimum Gasteiger partial charge on any atom is -0.348 e. The molecule has 2 N–H and O–H groups in total. The first-order chi connectivity index (χ1) is 8.16. The van der Waals surface area contributed by atoms with Crippen LogP contribution in [0.1, 0.15) is 28.4 Å². The molecule has 0 aliphatic carbocycles. The molecule has 1 aromatic rings. The summed E-state index contributed by atoms with van der Waals surface area (Å²) in [4.78, 5) is 11.9. The quantitative estimate of drug-likeness (QED) is 0.775. The Kier molecular flexibility index (Phi) is 3.59. The van der Waals surface area contributed by atoms with E-state index in [0.717, 1.165) is 30.6 Å². The van der Waals surface area contributed by atoms with Gasteiger partial charge in [0.05, 0.1) is 0 Å². The van der Waals surface area contributed by atoms with Crippen LogP contribution >= 0.6 is 0 Å². The van der Waals surface area contributed by atoms with Crippen LogP contribution in [0.3, 0.4) is 0 Å². The molecule has 90 valence electrons. The highest BCUT2D eigenvalue weighted by atomic mass is 16.1. The maximum Gasteiger partial charge on any atom is 0.251 e. The van der Waals surface area contributed by atoms with Crippen molar-refractivity contribution < 1.29 is 4.79 Å². The van der Waals surface area contributed by atoms with Crippen LogP contribution in [-0.2, 0) is 13.0 Å². The van der Waals surface area contributed by atoms with E-state index in [-0.39, 0.29) is 5.91 Å². The summed E-state index contributed by atoms with van der Waals surface area (Å²) in [6.45, 7) is 8.08. The van der Waals surface area contributed by atoms with E-state index >= 15 is 0 Å². The summed E-state index contributed by atoms with van der Waals surface area (Å²) in [5.41, 5.74) is 4.27. The fourth-order valence-corrected chi connectivity index (χ4v) is 1.95. The average molecular weight is 230 g/mol. The standard InChI is InChI=1S/C14H18N2O/c1-10(2)8-16-14(17)12-4-3-11-5-6-15-9-13(11)7-12/h3-4,7,15H,1,5-6,8-9H2,2H3,(H,16,17). The minimum atomic E-state index is -0.0265. The van der Waals surface area contributed by atoms with Gasteiger partial charge in [-0.15, -0.1) is 0 Å². The van der Waals surface area contributed by atoms with Crippen molar-refractivity contribution in [2.24, 2.45) is 0 Å². The van der Waals surface area contributed by atoms with Gasteiger partial charge in [-0.05, 0) is 43.1 Å². The molecule has 0 bridgehead atoms. The molecule has 0 atom stereocenters. The Morgan fingerprint density at radius 2 is 2.29 bits per heavy atom. The summed E-state index contributed by atoms with van der Waals surface area (Å²) in [7, 11) is 0. The fraction of sp³-hybridized carbons (Fsp3) is 0.357. The summed E-state index contributed by atoms with van der Waals surface area (Å²) in [6, 6.07) is 5.94. The summed E-state index contributed by atoms with van der Waals surface area (Å²) >= 11 is 0. The summed E-state index contributed by atoms with van der Waals surface area (Å²) < 4.78 is 0. The Balaban J connectivity index is 2.11. The molecule has 1 aromatic carbocycles. The van der Waals surface area contributed by atoms with E-state index in [1.807, 2.05) is 19.1 Å². The fourth-order valence-electron chi connectivity index (χ4n) is 1.95. The zero-order chi connectivity index (χ0) is 12.3. The second kappa shape index (κ2) is 5.15. The van der Waals surface area contributed by atoms with Crippen molar-refractivity contribution in [2.75, 3.05) is 13.1 Å². The predicted molar refractivity (Wildman–Crippen MR) is 69.0 cm³/mol. The molecule has 1 heterocycles. The molecular formula is C14H18N2O. The monoisotopic (exact) mass is 230 g/mol. The maximum absolute atomic E-state index is 11.9. The lowest BCUT2D eigenvalue weighted by Gasteiger charge is -2.17. The summed E-state index contributed by atoms with van der Waals surface area (Å²) in [6.07, 6.45) is 1.04. The molecule has 1 amide bonds. The Morgan fingerprint density at radius 3 is 3.06 bits per heavy atom. The first kappa shape index (κ1) is 11.9. The van der Waals surface area contributed by atoms with Gasteiger partial charge in [0.1, 0.15) is 0 Å². The lowest BCUT2D eigenvalue weighted by Crippen LogP contribution is -2.27. The number of fused-ring (bicyclic) bond motifs is 1. The molecule has 3 nitrogen and oxygen atoms in total. The van der Waals surface area contributed by atoms with Crippen LogP contribution in [0.25, 0.3) is 0 Å². The van der Waals surface area contributed by atoms with Gasteiger partial charge >= 0.3 is 0 Å². The number of amides is 1. The lowest BCUT2D eigenvalue weighted by atomic mass is 9.98. The van der Waals surface area contributed by atoms with Gasteiger partial charge in [-0.25, -0.2) is 0 Å². The highest BCUT2D eigenvalue weighted by molar-refractivity contribution is 5.94. The van der Waals surface area contributed by atoms with Crippen LogP contribution < -0.4 is 10.6 Å². The number of carbonyl (C=O) groups excluding carboxylic acids is 1. The van der Waals surface area contributed by atoms with Gasteiger partial charge < -0.3 is 10.6 Å². The molecule has 2 rings (SSSR count). The van der Waals surface area contributed by atoms with Gasteiger partial charge in [-0.1, -0.05) is 18.2 Å². The van der Waals surface area contributed by atoms with Crippen LogP contribution in [0.15, 0.2) is 30.4 Å². The van der Waals surface area contributed by atoms with Crippen molar-refractivity contribution in [3.63, 3.8) is 0 Å². The van der Waals surface area contributed by atoms with Crippen LogP contribution in [-0.4, -0.2) is 19.0 Å². The van der Waals surface area contributed by atoms with Crippen LogP contribution in [0, 0.1) is 0 Å². The third kappa shape index (κ3) is 2.94. The first-order valence-corrected chi connectivity index (χ1v) is 5.92. The largest absolute Gasteiger partial charge is 0.348 e. The molecule has 0 saturated heterocycles. The Labute approximate surface area is 102 Å². The zero-order valence-corrected chi connectivity index (χ0v) is 10.2. The van der Waals surface area contributed by atoms with Crippen LogP contribution in [0.2, 0.25) is 0 Å². The number of hydrogen-bond donors (Lipinski definition) is 2. The van der Waals surface area contributed by atoms with Gasteiger partial charge in [0.2, 0.25) is 0 Å². The van der Waals surface area contributed by atoms with Crippen molar-refractivity contribution in [3.05, 3.63) is 47.0 Å². The SMILES string of the molecule is C=C(C)CNC(=O)c1ccc2c(c1)CNCC2. The van der Waals surface area contributed by atoms with Crippen LogP contribution in [0.4, 0.5) is 0 Å². The molecule has 1 aliphatic heterocycles. The molecule has 0 unspecified atom stereocenters. The highest BCUT2D eigenvalue weighted by Gasteiger charge is 2.11. The van der Waals surface area contributed by atoms with E-state index < -0.39 is 0 Å². The van der Waals surface area contributed by atoms with Gasteiger partial charge in [0.25, 0.3) is 5.91 Å². The predicted octanol–water partition coefficient (Wildman–Crippen LogP) is 1.64. The van der Waals surface area contributed by atoms with Gasteiger partial charge in [-0.3, -0.25) is 4.79 Å². The van der Waals surface area contributed by atoms with Crippen molar-refractivity contribution in [2.45, 2.75) is 19.9 Å². The Bertz CT molecular complexity index is 452. The third-order valence-corrected chi connectivity index (χ3v) is 2.91. The number of nitrogens with one attached hydrogen (secondary N) is 2.